The van der Waals surface area contributed by atoms with Gasteiger partial charge >= 0.3 is 0 Å². The summed E-state index contributed by atoms with van der Waals surface area (Å²) in [5.74, 6) is -0.100. The minimum Gasteiger partial charge on any atom is -0.361 e. The van der Waals surface area contributed by atoms with E-state index in [1.165, 1.54) is 23.1 Å². The predicted octanol–water partition coefficient (Wildman–Crippen LogP) is 4.43. The van der Waals surface area contributed by atoms with Gasteiger partial charge in [-0.1, -0.05) is 30.3 Å². The summed E-state index contributed by atoms with van der Waals surface area (Å²) >= 11 is 0. The van der Waals surface area contributed by atoms with Gasteiger partial charge in [-0.25, -0.2) is 4.39 Å². The summed E-state index contributed by atoms with van der Waals surface area (Å²) in [6.07, 6.45) is 5.29. The second kappa shape index (κ2) is 6.71. The Hall–Kier alpha value is -2.62. The average molecular weight is 336 g/mol. The van der Waals surface area contributed by atoms with E-state index >= 15 is 0 Å². The summed E-state index contributed by atoms with van der Waals surface area (Å²) in [5.41, 5.74) is 3.13. The number of amides is 1. The van der Waals surface area contributed by atoms with Crippen molar-refractivity contribution in [2.75, 3.05) is 0 Å². The fraction of sp³-hybridized carbons (Fsp3) is 0.286. The van der Waals surface area contributed by atoms with Crippen molar-refractivity contribution in [1.82, 2.24) is 9.88 Å². The first-order valence-corrected chi connectivity index (χ1v) is 8.79. The van der Waals surface area contributed by atoms with Crippen molar-refractivity contribution >= 4 is 16.8 Å². The smallest absolute Gasteiger partial charge is 0.223 e. The van der Waals surface area contributed by atoms with E-state index in [0.717, 1.165) is 30.3 Å². The van der Waals surface area contributed by atoms with Crippen LogP contribution >= 0.6 is 0 Å². The summed E-state index contributed by atoms with van der Waals surface area (Å²) in [7, 11) is 0. The van der Waals surface area contributed by atoms with E-state index < -0.39 is 0 Å². The summed E-state index contributed by atoms with van der Waals surface area (Å²) in [4.78, 5) is 17.9. The molecule has 2 aromatic carbocycles. The lowest BCUT2D eigenvalue weighted by Crippen LogP contribution is -2.32. The lowest BCUT2D eigenvalue weighted by molar-refractivity contribution is -0.132. The predicted molar refractivity (Wildman–Crippen MR) is 96.6 cm³/mol. The maximum absolute atomic E-state index is 13.4. The third kappa shape index (κ3) is 3.58. The van der Waals surface area contributed by atoms with Crippen LogP contribution in [0.1, 0.15) is 30.4 Å². The van der Waals surface area contributed by atoms with Gasteiger partial charge in [-0.15, -0.1) is 0 Å². The minimum atomic E-state index is -0.250. The molecule has 3 nitrogen and oxygen atoms in total. The van der Waals surface area contributed by atoms with Crippen molar-refractivity contribution in [3.8, 4) is 0 Å². The van der Waals surface area contributed by atoms with Crippen molar-refractivity contribution in [3.05, 3.63) is 71.7 Å². The van der Waals surface area contributed by atoms with Crippen LogP contribution in [0.5, 0.6) is 0 Å². The molecule has 4 rings (SSSR count). The van der Waals surface area contributed by atoms with Crippen LogP contribution in [0, 0.1) is 5.82 Å². The number of halogens is 1. The maximum atomic E-state index is 13.4. The maximum Gasteiger partial charge on any atom is 0.223 e. The molecule has 3 aromatic rings. The van der Waals surface area contributed by atoms with Crippen LogP contribution in [0.3, 0.4) is 0 Å². The van der Waals surface area contributed by atoms with E-state index in [0.29, 0.717) is 19.0 Å². The summed E-state index contributed by atoms with van der Waals surface area (Å²) < 4.78 is 13.4. The monoisotopic (exact) mass is 336 g/mol. The van der Waals surface area contributed by atoms with Gasteiger partial charge in [0.05, 0.1) is 0 Å². The van der Waals surface area contributed by atoms with Crippen LogP contribution in [-0.2, 0) is 17.8 Å². The quantitative estimate of drug-likeness (QED) is 0.710. The Bertz CT molecular complexity index is 898. The van der Waals surface area contributed by atoms with E-state index in [9.17, 15) is 9.18 Å². The zero-order valence-corrected chi connectivity index (χ0v) is 14.0. The molecule has 1 aromatic heterocycles. The number of carbonyl (C=O) groups excluding carboxylic acids is 1. The molecule has 1 amide bonds. The number of carbonyl (C=O) groups is 1. The largest absolute Gasteiger partial charge is 0.361 e. The molecule has 1 saturated carbocycles. The first-order valence-electron chi connectivity index (χ1n) is 8.79. The van der Waals surface area contributed by atoms with Crippen LogP contribution in [0.15, 0.2) is 54.7 Å². The Morgan fingerprint density at radius 2 is 2.00 bits per heavy atom. The number of nitrogens with zero attached hydrogens (tertiary/aromatic N) is 1. The van der Waals surface area contributed by atoms with Crippen LogP contribution < -0.4 is 0 Å². The Morgan fingerprint density at radius 1 is 1.16 bits per heavy atom. The van der Waals surface area contributed by atoms with Gasteiger partial charge in [0.1, 0.15) is 5.82 Å². The molecule has 25 heavy (non-hydrogen) atoms. The minimum absolute atomic E-state index is 0.150. The molecule has 1 aliphatic carbocycles. The third-order valence-electron chi connectivity index (χ3n) is 4.83. The zero-order valence-electron chi connectivity index (χ0n) is 14.0. The molecule has 0 atom stereocenters. The van der Waals surface area contributed by atoms with Gasteiger partial charge < -0.3 is 9.88 Å². The van der Waals surface area contributed by atoms with Gasteiger partial charge in [0.2, 0.25) is 5.91 Å². The molecular formula is C21H21FN2O. The fourth-order valence-corrected chi connectivity index (χ4v) is 3.36. The Balaban J connectivity index is 1.44. The summed E-state index contributed by atoms with van der Waals surface area (Å²) in [6.45, 7) is 0.495. The molecule has 0 saturated heterocycles. The number of fused-ring (bicyclic) bond motifs is 1. The van der Waals surface area contributed by atoms with E-state index in [1.807, 2.05) is 35.4 Å². The van der Waals surface area contributed by atoms with Crippen LogP contribution in [0.4, 0.5) is 4.39 Å². The normalized spacial score (nSPS) is 14.0. The lowest BCUT2D eigenvalue weighted by Gasteiger charge is -2.22. The average Bonchev–Trinajstić information content (AvgIpc) is 3.38. The second-order valence-corrected chi connectivity index (χ2v) is 6.74. The van der Waals surface area contributed by atoms with Crippen molar-refractivity contribution in [3.63, 3.8) is 0 Å². The van der Waals surface area contributed by atoms with Gasteiger partial charge in [0.15, 0.2) is 0 Å². The number of nitrogens with one attached hydrogen (secondary N) is 1. The van der Waals surface area contributed by atoms with E-state index in [4.69, 9.17) is 0 Å². The fourth-order valence-electron chi connectivity index (χ4n) is 3.36. The molecule has 128 valence electrons. The van der Waals surface area contributed by atoms with Gasteiger partial charge in [-0.2, -0.15) is 0 Å². The highest BCUT2D eigenvalue weighted by atomic mass is 19.1. The Labute approximate surface area is 146 Å². The number of rotatable bonds is 6. The number of benzene rings is 2. The molecule has 1 N–H and O–H groups in total. The SMILES string of the molecule is O=C(CCc1c[nH]c2ccccc12)N(Cc1cccc(F)c1)C1CC1. The third-order valence-corrected chi connectivity index (χ3v) is 4.83. The number of aryl methyl sites for hydroxylation is 1. The molecule has 1 fully saturated rings. The molecule has 1 aliphatic rings. The van der Waals surface area contributed by atoms with Crippen molar-refractivity contribution in [2.24, 2.45) is 0 Å². The Kier molecular flexibility index (Phi) is 4.26. The van der Waals surface area contributed by atoms with E-state index in [2.05, 4.69) is 11.1 Å². The molecule has 0 spiro atoms. The number of hydrogen-bond donors (Lipinski definition) is 1. The van der Waals surface area contributed by atoms with Crippen molar-refractivity contribution in [2.45, 2.75) is 38.3 Å². The summed E-state index contributed by atoms with van der Waals surface area (Å²) in [6, 6.07) is 15.0. The molecule has 0 unspecified atom stereocenters. The first-order chi connectivity index (χ1) is 12.2. The molecule has 0 bridgehead atoms. The van der Waals surface area contributed by atoms with Gasteiger partial charge in [0.25, 0.3) is 0 Å². The summed E-state index contributed by atoms with van der Waals surface area (Å²) in [5, 5.41) is 1.18. The number of aromatic amines is 1. The van der Waals surface area contributed by atoms with Gasteiger partial charge in [0, 0.05) is 36.1 Å². The van der Waals surface area contributed by atoms with Crippen LogP contribution in [0.25, 0.3) is 10.9 Å². The van der Waals surface area contributed by atoms with Crippen LogP contribution in [-0.4, -0.2) is 21.8 Å². The lowest BCUT2D eigenvalue weighted by atomic mass is 10.1. The van der Waals surface area contributed by atoms with Gasteiger partial charge in [-0.3, -0.25) is 4.79 Å². The highest BCUT2D eigenvalue weighted by Crippen LogP contribution is 2.29. The standard InChI is InChI=1S/C21H21FN2O/c22-17-5-3-4-15(12-17)14-24(18-9-10-18)21(25)11-8-16-13-23-20-7-2-1-6-19(16)20/h1-7,12-13,18,23H,8-11,14H2. The van der Waals surface area contributed by atoms with Crippen molar-refractivity contribution < 1.29 is 9.18 Å². The highest BCUT2D eigenvalue weighted by Gasteiger charge is 2.32. The van der Waals surface area contributed by atoms with Crippen molar-refractivity contribution in [1.29, 1.82) is 0 Å². The number of para-hydroxylation sites is 1. The number of aromatic nitrogens is 1. The molecule has 4 heteroatoms. The first kappa shape index (κ1) is 15.9. The van der Waals surface area contributed by atoms with E-state index in [1.54, 1.807) is 6.07 Å². The molecule has 0 aliphatic heterocycles. The molecule has 0 radical (unpaired) electrons. The second-order valence-electron chi connectivity index (χ2n) is 6.74. The Morgan fingerprint density at radius 3 is 2.80 bits per heavy atom. The van der Waals surface area contributed by atoms with Gasteiger partial charge in [-0.05, 0) is 48.6 Å². The number of H-pyrrole nitrogens is 1. The highest BCUT2D eigenvalue weighted by molar-refractivity contribution is 5.84. The molecular weight excluding hydrogens is 315 g/mol. The molecule has 1 heterocycles. The van der Waals surface area contributed by atoms with E-state index in [-0.39, 0.29) is 11.7 Å². The topological polar surface area (TPSA) is 36.1 Å². The van der Waals surface area contributed by atoms with Crippen LogP contribution in [0.2, 0.25) is 0 Å². The number of hydrogen-bond acceptors (Lipinski definition) is 1. The zero-order chi connectivity index (χ0) is 17.2.